The Morgan fingerprint density at radius 3 is 2.44 bits per heavy atom. The molecule has 7 heteroatoms. The van der Waals surface area contributed by atoms with Crippen LogP contribution in [0.25, 0.3) is 0 Å². The van der Waals surface area contributed by atoms with Crippen molar-refractivity contribution in [2.24, 2.45) is 0 Å². The number of nitrogens with one attached hydrogen (secondary N) is 1. The number of carbonyl (C=O) groups is 2. The fourth-order valence-corrected chi connectivity index (χ4v) is 1.67. The van der Waals surface area contributed by atoms with Crippen molar-refractivity contribution < 1.29 is 19.1 Å². The Balaban J connectivity index is 4.39. The van der Waals surface area contributed by atoms with E-state index in [0.29, 0.717) is 6.42 Å². The summed E-state index contributed by atoms with van der Waals surface area (Å²) in [5.41, 5.74) is -0.607. The van der Waals surface area contributed by atoms with Gasteiger partial charge in [0.25, 0.3) is 0 Å². The molecule has 0 aromatic carbocycles. The Labute approximate surface area is 117 Å². The fraction of sp³-hybridized carbons (Fsp3) is 0.818. The smallest absolute Gasteiger partial charge is 0.408 e. The van der Waals surface area contributed by atoms with Crippen LogP contribution in [-0.2, 0) is 14.3 Å². The molecule has 0 saturated carbocycles. The molecule has 0 fully saturated rings. The third-order valence-electron chi connectivity index (χ3n) is 1.78. The second-order valence-electron chi connectivity index (χ2n) is 4.55. The summed E-state index contributed by atoms with van der Waals surface area (Å²) in [6.07, 6.45) is 1.74. The Kier molecular flexibility index (Phi) is 8.18. The minimum absolute atomic E-state index is 0.232. The molecule has 0 aliphatic carbocycles. The van der Waals surface area contributed by atoms with Gasteiger partial charge in [0.2, 0.25) is 0 Å². The van der Waals surface area contributed by atoms with E-state index in [9.17, 15) is 9.59 Å². The lowest BCUT2D eigenvalue weighted by molar-refractivity contribution is -0.144. The second-order valence-corrected chi connectivity index (χ2v) is 5.76. The van der Waals surface area contributed by atoms with Crippen molar-refractivity contribution in [1.29, 1.82) is 0 Å². The topological polar surface area (TPSA) is 64.6 Å². The van der Waals surface area contributed by atoms with E-state index in [2.05, 4.69) is 10.1 Å². The van der Waals surface area contributed by atoms with Crippen LogP contribution in [0.1, 0.15) is 27.2 Å². The largest absolute Gasteiger partial charge is 0.448 e. The van der Waals surface area contributed by atoms with Crippen molar-refractivity contribution in [1.82, 2.24) is 5.32 Å². The van der Waals surface area contributed by atoms with E-state index in [-0.39, 0.29) is 6.07 Å². The number of ether oxygens (including phenoxy) is 2. The molecule has 0 aliphatic heterocycles. The minimum Gasteiger partial charge on any atom is -0.448 e. The number of esters is 1. The van der Waals surface area contributed by atoms with Gasteiger partial charge >= 0.3 is 12.1 Å². The number of amides is 1. The molecule has 1 N–H and O–H groups in total. The Bertz CT molecular complexity index is 281. The molecule has 0 radical (unpaired) electrons. The Morgan fingerprint density at radius 1 is 1.39 bits per heavy atom. The molecule has 0 unspecified atom stereocenters. The summed E-state index contributed by atoms with van der Waals surface area (Å²) in [5, 5.41) is 2.49. The molecule has 1 atom stereocenters. The van der Waals surface area contributed by atoms with Gasteiger partial charge in [0, 0.05) is 0 Å². The van der Waals surface area contributed by atoms with E-state index in [1.165, 1.54) is 0 Å². The summed E-state index contributed by atoms with van der Waals surface area (Å²) in [6.45, 7) is 5.25. The molecule has 106 valence electrons. The summed E-state index contributed by atoms with van der Waals surface area (Å²) in [7, 11) is 0. The first kappa shape index (κ1) is 17.4. The molecule has 0 bridgehead atoms. The lowest BCUT2D eigenvalue weighted by Crippen LogP contribution is -2.44. The molecular weight excluding hydrogens is 278 g/mol. The highest BCUT2D eigenvalue weighted by Gasteiger charge is 2.24. The number of halogens is 1. The van der Waals surface area contributed by atoms with Crippen LogP contribution in [0.15, 0.2) is 0 Å². The Morgan fingerprint density at radius 2 is 2.00 bits per heavy atom. The van der Waals surface area contributed by atoms with Crippen LogP contribution in [-0.4, -0.2) is 41.8 Å². The molecule has 1 amide bonds. The zero-order valence-corrected chi connectivity index (χ0v) is 12.7. The summed E-state index contributed by atoms with van der Waals surface area (Å²) >= 11 is 6.90. The number of hydrogen-bond acceptors (Lipinski definition) is 5. The minimum atomic E-state index is -0.731. The third kappa shape index (κ3) is 8.47. The van der Waals surface area contributed by atoms with Crippen molar-refractivity contribution in [2.45, 2.75) is 38.8 Å². The van der Waals surface area contributed by atoms with E-state index >= 15 is 0 Å². The maximum atomic E-state index is 11.6. The maximum absolute atomic E-state index is 11.6. The van der Waals surface area contributed by atoms with E-state index < -0.39 is 23.7 Å². The van der Waals surface area contributed by atoms with Crippen LogP contribution in [0.3, 0.4) is 0 Å². The quantitative estimate of drug-likeness (QED) is 0.602. The lowest BCUT2D eigenvalue weighted by Gasteiger charge is -2.22. The first-order valence-corrected chi connectivity index (χ1v) is 7.44. The summed E-state index contributed by atoms with van der Waals surface area (Å²) < 4.78 is 9.76. The van der Waals surface area contributed by atoms with Gasteiger partial charge in [-0.15, -0.1) is 0 Å². The predicted molar refractivity (Wildman–Crippen MR) is 73.0 cm³/mol. The number of alkyl halides is 1. The van der Waals surface area contributed by atoms with Gasteiger partial charge in [0.15, 0.2) is 6.07 Å². The maximum Gasteiger partial charge on any atom is 0.408 e. The standard InChI is InChI=1S/C11H20ClNO4S/c1-11(2,3)17-10(15)13-8(5-6-18-4)9(14)16-7-12/h8H,5-7H2,1-4H3,(H,13,15)/t8-/m0/s1. The first-order chi connectivity index (χ1) is 8.30. The number of alkyl carbamates (subject to hydrolysis) is 1. The van der Waals surface area contributed by atoms with Crippen LogP contribution in [0.2, 0.25) is 0 Å². The molecule has 5 nitrogen and oxygen atoms in total. The van der Waals surface area contributed by atoms with Crippen molar-refractivity contribution in [2.75, 3.05) is 18.1 Å². The van der Waals surface area contributed by atoms with E-state index in [1.807, 2.05) is 6.26 Å². The molecular formula is C11H20ClNO4S. The number of thioether (sulfide) groups is 1. The highest BCUT2D eigenvalue weighted by Crippen LogP contribution is 2.08. The zero-order chi connectivity index (χ0) is 14.2. The van der Waals surface area contributed by atoms with Crippen LogP contribution in [0.4, 0.5) is 4.79 Å². The average Bonchev–Trinajstić information content (AvgIpc) is 2.21. The van der Waals surface area contributed by atoms with Crippen LogP contribution in [0.5, 0.6) is 0 Å². The van der Waals surface area contributed by atoms with E-state index in [0.717, 1.165) is 5.75 Å². The number of hydrogen-bond donors (Lipinski definition) is 1. The van der Waals surface area contributed by atoms with Crippen LogP contribution >= 0.6 is 23.4 Å². The first-order valence-electron chi connectivity index (χ1n) is 5.51. The van der Waals surface area contributed by atoms with Gasteiger partial charge in [0.1, 0.15) is 11.6 Å². The van der Waals surface area contributed by atoms with Gasteiger partial charge in [-0.3, -0.25) is 0 Å². The van der Waals surface area contributed by atoms with Crippen molar-refractivity contribution >= 4 is 35.4 Å². The van der Waals surface area contributed by atoms with Gasteiger partial charge < -0.3 is 14.8 Å². The van der Waals surface area contributed by atoms with Crippen molar-refractivity contribution in [3.8, 4) is 0 Å². The molecule has 0 aromatic heterocycles. The number of carbonyl (C=O) groups excluding carboxylic acids is 2. The van der Waals surface area contributed by atoms with Gasteiger partial charge in [0.05, 0.1) is 0 Å². The van der Waals surface area contributed by atoms with Crippen LogP contribution in [0, 0.1) is 0 Å². The molecule has 0 aromatic rings. The average molecular weight is 298 g/mol. The van der Waals surface area contributed by atoms with Gasteiger partial charge in [-0.2, -0.15) is 11.8 Å². The summed E-state index contributed by atoms with van der Waals surface area (Å²) in [5.74, 6) is 0.169. The fourth-order valence-electron chi connectivity index (χ4n) is 1.09. The van der Waals surface area contributed by atoms with E-state index in [4.69, 9.17) is 16.3 Å². The molecule has 0 rings (SSSR count). The summed E-state index contributed by atoms with van der Waals surface area (Å²) in [6, 6.07) is -0.962. The highest BCUT2D eigenvalue weighted by atomic mass is 35.5. The summed E-state index contributed by atoms with van der Waals surface area (Å²) in [4.78, 5) is 23.1. The van der Waals surface area contributed by atoms with Gasteiger partial charge in [-0.1, -0.05) is 11.6 Å². The predicted octanol–water partition coefficient (Wildman–Crippen LogP) is 2.37. The Hall–Kier alpha value is -0.620. The molecule has 0 spiro atoms. The van der Waals surface area contributed by atoms with Crippen molar-refractivity contribution in [3.05, 3.63) is 0 Å². The molecule has 0 saturated heterocycles. The number of rotatable bonds is 6. The monoisotopic (exact) mass is 297 g/mol. The zero-order valence-electron chi connectivity index (χ0n) is 11.1. The molecule has 0 heterocycles. The third-order valence-corrected chi connectivity index (χ3v) is 2.54. The highest BCUT2D eigenvalue weighted by molar-refractivity contribution is 7.98. The lowest BCUT2D eigenvalue weighted by atomic mass is 10.2. The normalized spacial score (nSPS) is 12.7. The second kappa shape index (κ2) is 8.48. The molecule has 0 aliphatic rings. The van der Waals surface area contributed by atoms with Crippen LogP contribution < -0.4 is 5.32 Å². The van der Waals surface area contributed by atoms with Crippen molar-refractivity contribution in [3.63, 3.8) is 0 Å². The van der Waals surface area contributed by atoms with E-state index in [1.54, 1.807) is 32.5 Å². The van der Waals surface area contributed by atoms with Gasteiger partial charge in [-0.25, -0.2) is 9.59 Å². The molecule has 18 heavy (non-hydrogen) atoms. The SMILES string of the molecule is CSCC[C@H](NC(=O)OC(C)(C)C)C(=O)OCCl. The van der Waals surface area contributed by atoms with Gasteiger partial charge in [-0.05, 0) is 39.2 Å².